The zero-order chi connectivity index (χ0) is 14.4. The molecule has 108 valence electrons. The fraction of sp³-hybridized carbons (Fsp3) is 0.500. The molecule has 2 aromatic heterocycles. The number of carbonyl (C=O) groups is 1. The van der Waals surface area contributed by atoms with Crippen molar-refractivity contribution in [2.75, 3.05) is 5.32 Å². The normalized spacial score (nSPS) is 10.9. The van der Waals surface area contributed by atoms with Gasteiger partial charge in [0.05, 0.1) is 0 Å². The summed E-state index contributed by atoms with van der Waals surface area (Å²) in [6.45, 7) is 4.30. The van der Waals surface area contributed by atoms with E-state index in [4.69, 9.17) is 0 Å². The summed E-state index contributed by atoms with van der Waals surface area (Å²) in [6, 6.07) is 4.05. The molecule has 0 aromatic carbocycles. The second-order valence-electron chi connectivity index (χ2n) is 4.59. The highest BCUT2D eigenvalue weighted by Crippen LogP contribution is 2.28. The summed E-state index contributed by atoms with van der Waals surface area (Å²) in [7, 11) is 0. The molecule has 0 saturated carbocycles. The number of anilines is 1. The van der Waals surface area contributed by atoms with E-state index >= 15 is 0 Å². The van der Waals surface area contributed by atoms with Crippen molar-refractivity contribution in [2.24, 2.45) is 0 Å². The van der Waals surface area contributed by atoms with Crippen LogP contribution >= 0.6 is 22.7 Å². The first-order valence-corrected chi connectivity index (χ1v) is 8.58. The van der Waals surface area contributed by atoms with Gasteiger partial charge in [-0.25, -0.2) is 0 Å². The van der Waals surface area contributed by atoms with Crippen molar-refractivity contribution in [2.45, 2.75) is 45.4 Å². The highest BCUT2D eigenvalue weighted by molar-refractivity contribution is 7.15. The topological polar surface area (TPSA) is 54.9 Å². The summed E-state index contributed by atoms with van der Waals surface area (Å²) in [4.78, 5) is 13.1. The summed E-state index contributed by atoms with van der Waals surface area (Å²) >= 11 is 3.17. The number of hydrogen-bond acceptors (Lipinski definition) is 5. The largest absolute Gasteiger partial charge is 0.301 e. The first kappa shape index (κ1) is 15.1. The van der Waals surface area contributed by atoms with Gasteiger partial charge in [-0.2, -0.15) is 0 Å². The van der Waals surface area contributed by atoms with Crippen LogP contribution in [0.25, 0.3) is 0 Å². The molecule has 2 aromatic rings. The van der Waals surface area contributed by atoms with Crippen LogP contribution in [0.2, 0.25) is 0 Å². The maximum atomic E-state index is 11.9. The lowest BCUT2D eigenvalue weighted by Gasteiger charge is -2.05. The van der Waals surface area contributed by atoms with Crippen LogP contribution in [0.3, 0.4) is 0 Å². The third-order valence-electron chi connectivity index (χ3n) is 3.20. The van der Waals surface area contributed by atoms with Crippen LogP contribution in [0.4, 0.5) is 5.13 Å². The molecule has 2 rings (SSSR count). The van der Waals surface area contributed by atoms with Crippen LogP contribution in [0.5, 0.6) is 0 Å². The van der Waals surface area contributed by atoms with Gasteiger partial charge in [0, 0.05) is 17.2 Å². The number of carbonyl (C=O) groups excluding carboxylic acids is 1. The minimum absolute atomic E-state index is 0.00523. The van der Waals surface area contributed by atoms with E-state index in [1.165, 1.54) is 16.2 Å². The molecule has 0 aliphatic rings. The molecule has 0 bridgehead atoms. The molecule has 0 atom stereocenters. The van der Waals surface area contributed by atoms with Crippen molar-refractivity contribution in [1.29, 1.82) is 0 Å². The standard InChI is InChI=1S/C14H19N3OS2/c1-3-10(4-2)13-16-17-14(20-13)15-12(18)8-7-11-6-5-9-19-11/h5-6,9-10H,3-4,7-8H2,1-2H3,(H,15,17,18). The molecule has 2 heterocycles. The van der Waals surface area contributed by atoms with Gasteiger partial charge in [-0.3, -0.25) is 4.79 Å². The van der Waals surface area contributed by atoms with Crippen LogP contribution in [-0.2, 0) is 11.2 Å². The van der Waals surface area contributed by atoms with E-state index in [0.29, 0.717) is 17.5 Å². The number of nitrogens with zero attached hydrogens (tertiary/aromatic N) is 2. The Balaban J connectivity index is 1.85. The SMILES string of the molecule is CCC(CC)c1nnc(NC(=O)CCc2cccs2)s1. The Hall–Kier alpha value is -1.27. The van der Waals surface area contributed by atoms with Gasteiger partial charge in [-0.1, -0.05) is 31.3 Å². The fourth-order valence-electron chi connectivity index (χ4n) is 1.96. The number of rotatable bonds is 7. The molecule has 0 saturated heterocycles. The van der Waals surface area contributed by atoms with Gasteiger partial charge in [0.1, 0.15) is 5.01 Å². The molecular weight excluding hydrogens is 290 g/mol. The molecule has 0 aliphatic carbocycles. The summed E-state index contributed by atoms with van der Waals surface area (Å²) < 4.78 is 0. The number of aromatic nitrogens is 2. The van der Waals surface area contributed by atoms with Gasteiger partial charge in [0.2, 0.25) is 11.0 Å². The second kappa shape index (κ2) is 7.50. The van der Waals surface area contributed by atoms with Crippen LogP contribution < -0.4 is 5.32 Å². The smallest absolute Gasteiger partial charge is 0.226 e. The molecule has 1 N–H and O–H groups in total. The number of aryl methyl sites for hydroxylation is 1. The summed E-state index contributed by atoms with van der Waals surface area (Å²) in [5.41, 5.74) is 0. The van der Waals surface area contributed by atoms with E-state index in [2.05, 4.69) is 29.4 Å². The first-order valence-electron chi connectivity index (χ1n) is 6.88. The lowest BCUT2D eigenvalue weighted by atomic mass is 10.1. The molecule has 0 spiro atoms. The Labute approximate surface area is 127 Å². The van der Waals surface area contributed by atoms with Crippen molar-refractivity contribution >= 4 is 33.7 Å². The van der Waals surface area contributed by atoms with Crippen molar-refractivity contribution in [1.82, 2.24) is 10.2 Å². The van der Waals surface area contributed by atoms with Crippen molar-refractivity contribution < 1.29 is 4.79 Å². The van der Waals surface area contributed by atoms with Gasteiger partial charge in [-0.15, -0.1) is 21.5 Å². The molecule has 20 heavy (non-hydrogen) atoms. The Morgan fingerprint density at radius 2 is 2.15 bits per heavy atom. The zero-order valence-corrected chi connectivity index (χ0v) is 13.4. The van der Waals surface area contributed by atoms with Crippen LogP contribution in [0.1, 0.15) is 48.9 Å². The number of thiophene rings is 1. The quantitative estimate of drug-likeness (QED) is 0.838. The fourth-order valence-corrected chi connectivity index (χ4v) is 3.70. The van der Waals surface area contributed by atoms with Gasteiger partial charge in [0.15, 0.2) is 0 Å². The average molecular weight is 309 g/mol. The molecular formula is C14H19N3OS2. The van der Waals surface area contributed by atoms with Gasteiger partial charge in [0.25, 0.3) is 0 Å². The van der Waals surface area contributed by atoms with E-state index in [9.17, 15) is 4.79 Å². The predicted octanol–water partition coefficient (Wildman–Crippen LogP) is 4.07. The molecule has 6 heteroatoms. The molecule has 1 amide bonds. The van der Waals surface area contributed by atoms with E-state index in [0.717, 1.165) is 24.3 Å². The molecule has 0 unspecified atom stereocenters. The van der Waals surface area contributed by atoms with Gasteiger partial charge in [-0.05, 0) is 30.7 Å². The lowest BCUT2D eigenvalue weighted by molar-refractivity contribution is -0.116. The first-order chi connectivity index (χ1) is 9.72. The maximum absolute atomic E-state index is 11.9. The summed E-state index contributed by atoms with van der Waals surface area (Å²) in [6.07, 6.45) is 3.37. The average Bonchev–Trinajstić information content (AvgIpc) is 3.10. The number of amides is 1. The van der Waals surface area contributed by atoms with E-state index in [-0.39, 0.29) is 5.91 Å². The van der Waals surface area contributed by atoms with Crippen LogP contribution in [0, 0.1) is 0 Å². The van der Waals surface area contributed by atoms with E-state index < -0.39 is 0 Å². The zero-order valence-electron chi connectivity index (χ0n) is 11.8. The van der Waals surface area contributed by atoms with Crippen molar-refractivity contribution in [3.63, 3.8) is 0 Å². The number of nitrogens with one attached hydrogen (secondary N) is 1. The Kier molecular flexibility index (Phi) is 5.67. The Bertz CT molecular complexity index is 532. The Morgan fingerprint density at radius 1 is 1.35 bits per heavy atom. The lowest BCUT2D eigenvalue weighted by Crippen LogP contribution is -2.11. The van der Waals surface area contributed by atoms with E-state index in [1.807, 2.05) is 17.5 Å². The van der Waals surface area contributed by atoms with Gasteiger partial charge >= 0.3 is 0 Å². The van der Waals surface area contributed by atoms with Crippen molar-refractivity contribution in [3.8, 4) is 0 Å². The number of hydrogen-bond donors (Lipinski definition) is 1. The molecule has 4 nitrogen and oxygen atoms in total. The molecule has 0 radical (unpaired) electrons. The summed E-state index contributed by atoms with van der Waals surface area (Å²) in [5.74, 6) is 0.454. The minimum atomic E-state index is 0.00523. The predicted molar refractivity (Wildman–Crippen MR) is 84.5 cm³/mol. The molecule has 0 aliphatic heterocycles. The highest BCUT2D eigenvalue weighted by atomic mass is 32.1. The third-order valence-corrected chi connectivity index (χ3v) is 5.14. The monoisotopic (exact) mass is 309 g/mol. The molecule has 0 fully saturated rings. The van der Waals surface area contributed by atoms with E-state index in [1.54, 1.807) is 11.3 Å². The summed E-state index contributed by atoms with van der Waals surface area (Å²) in [5, 5.41) is 14.7. The minimum Gasteiger partial charge on any atom is -0.301 e. The van der Waals surface area contributed by atoms with Crippen molar-refractivity contribution in [3.05, 3.63) is 27.4 Å². The maximum Gasteiger partial charge on any atom is 0.226 e. The second-order valence-corrected chi connectivity index (χ2v) is 6.63. The van der Waals surface area contributed by atoms with Crippen LogP contribution in [-0.4, -0.2) is 16.1 Å². The Morgan fingerprint density at radius 3 is 2.80 bits per heavy atom. The third kappa shape index (κ3) is 4.11. The van der Waals surface area contributed by atoms with Crippen LogP contribution in [0.15, 0.2) is 17.5 Å². The van der Waals surface area contributed by atoms with Gasteiger partial charge < -0.3 is 5.32 Å². The highest BCUT2D eigenvalue weighted by Gasteiger charge is 2.14.